The van der Waals surface area contributed by atoms with Crippen molar-refractivity contribution in [3.8, 4) is 0 Å². The van der Waals surface area contributed by atoms with Crippen LogP contribution in [-0.4, -0.2) is 41.2 Å². The molecule has 0 radical (unpaired) electrons. The number of carbonyl (C=O) groups excluding carboxylic acids is 1. The lowest BCUT2D eigenvalue weighted by atomic mass is 10.0. The number of hydrogen-bond donors (Lipinski definition) is 0. The van der Waals surface area contributed by atoms with Crippen LogP contribution in [0.3, 0.4) is 0 Å². The van der Waals surface area contributed by atoms with E-state index < -0.39 is 10.0 Å². The van der Waals surface area contributed by atoms with E-state index in [1.165, 1.54) is 23.5 Å². The van der Waals surface area contributed by atoms with Crippen LogP contribution in [0.2, 0.25) is 5.02 Å². The third-order valence-electron chi connectivity index (χ3n) is 6.96. The van der Waals surface area contributed by atoms with Crippen molar-refractivity contribution in [2.45, 2.75) is 57.0 Å². The molecular formula is C28H29ClN4O3S2. The van der Waals surface area contributed by atoms with E-state index in [1.807, 2.05) is 38.1 Å². The van der Waals surface area contributed by atoms with Crippen molar-refractivity contribution in [1.82, 2.24) is 14.3 Å². The Hall–Kier alpha value is -2.85. The number of rotatable bonds is 7. The van der Waals surface area contributed by atoms with Crippen LogP contribution in [0.15, 0.2) is 65.8 Å². The van der Waals surface area contributed by atoms with Gasteiger partial charge in [0.1, 0.15) is 0 Å². The maximum atomic E-state index is 13.8. The monoisotopic (exact) mass is 568 g/mol. The number of nitrogens with zero attached hydrogens (tertiary/aromatic N) is 4. The highest BCUT2D eigenvalue weighted by Gasteiger charge is 2.32. The van der Waals surface area contributed by atoms with Crippen LogP contribution in [-0.2, 0) is 16.6 Å². The van der Waals surface area contributed by atoms with Gasteiger partial charge < -0.3 is 0 Å². The fourth-order valence-electron chi connectivity index (χ4n) is 4.91. The van der Waals surface area contributed by atoms with E-state index >= 15 is 0 Å². The molecule has 0 spiro atoms. The zero-order chi connectivity index (χ0) is 26.9. The van der Waals surface area contributed by atoms with Crippen molar-refractivity contribution in [3.05, 3.63) is 82.6 Å². The van der Waals surface area contributed by atoms with Crippen LogP contribution in [0.25, 0.3) is 10.2 Å². The van der Waals surface area contributed by atoms with Gasteiger partial charge in [0.25, 0.3) is 5.91 Å². The summed E-state index contributed by atoms with van der Waals surface area (Å²) in [5, 5.41) is 1.16. The number of anilines is 1. The molecule has 10 heteroatoms. The minimum atomic E-state index is -3.63. The van der Waals surface area contributed by atoms with Crippen molar-refractivity contribution in [3.63, 3.8) is 0 Å². The molecule has 1 aliphatic heterocycles. The summed E-state index contributed by atoms with van der Waals surface area (Å²) in [5.74, 6) is -0.266. The Balaban J connectivity index is 1.48. The predicted octanol–water partition coefficient (Wildman–Crippen LogP) is 6.45. The molecular weight excluding hydrogens is 540 g/mol. The molecule has 1 fully saturated rings. The van der Waals surface area contributed by atoms with E-state index in [0.717, 1.165) is 47.0 Å². The van der Waals surface area contributed by atoms with Gasteiger partial charge in [-0.25, -0.2) is 13.4 Å². The zero-order valence-corrected chi connectivity index (χ0v) is 23.7. The third kappa shape index (κ3) is 5.33. The maximum absolute atomic E-state index is 13.8. The summed E-state index contributed by atoms with van der Waals surface area (Å²) in [4.78, 5) is 24.5. The summed E-state index contributed by atoms with van der Waals surface area (Å²) < 4.78 is 29.3. The fourth-order valence-corrected chi connectivity index (χ4v) is 8.10. The average Bonchev–Trinajstić information content (AvgIpc) is 3.36. The molecule has 7 nitrogen and oxygen atoms in total. The number of fused-ring (bicyclic) bond motifs is 1. The fraction of sp³-hybridized carbons (Fsp3) is 0.321. The quantitative estimate of drug-likeness (QED) is 0.256. The van der Waals surface area contributed by atoms with Crippen LogP contribution < -0.4 is 4.90 Å². The standard InChI is InChI=1S/C28H29ClN4O3S2/c1-3-23-6-4-5-15-33(23)38(35,36)24-9-7-21(8-10-24)27(34)32(18-20-11-13-30-14-12-20)28-31-26-19(2)16-22(29)17-25(26)37-28/h7-14,16-17,23H,3-6,15,18H2,1-2H3. The number of hydrogen-bond acceptors (Lipinski definition) is 6. The zero-order valence-electron chi connectivity index (χ0n) is 21.3. The van der Waals surface area contributed by atoms with Gasteiger partial charge >= 0.3 is 0 Å². The molecule has 5 rings (SSSR count). The summed E-state index contributed by atoms with van der Waals surface area (Å²) in [5.41, 5.74) is 3.02. The maximum Gasteiger partial charge on any atom is 0.260 e. The Kier molecular flexibility index (Phi) is 7.81. The lowest BCUT2D eigenvalue weighted by Crippen LogP contribution is -2.43. The first-order valence-corrected chi connectivity index (χ1v) is 15.3. The first-order valence-electron chi connectivity index (χ1n) is 12.7. The molecule has 38 heavy (non-hydrogen) atoms. The number of aryl methyl sites for hydroxylation is 1. The predicted molar refractivity (Wildman–Crippen MR) is 152 cm³/mol. The molecule has 2 aromatic heterocycles. The van der Waals surface area contributed by atoms with Gasteiger partial charge in [-0.2, -0.15) is 4.31 Å². The van der Waals surface area contributed by atoms with E-state index in [4.69, 9.17) is 16.6 Å². The normalized spacial score (nSPS) is 16.6. The Morgan fingerprint density at radius 3 is 2.58 bits per heavy atom. The molecule has 0 N–H and O–H groups in total. The summed E-state index contributed by atoms with van der Waals surface area (Å²) in [7, 11) is -3.63. The van der Waals surface area contributed by atoms with Crippen molar-refractivity contribution in [2.24, 2.45) is 0 Å². The van der Waals surface area contributed by atoms with Crippen molar-refractivity contribution in [1.29, 1.82) is 0 Å². The molecule has 0 bridgehead atoms. The molecule has 1 aliphatic rings. The van der Waals surface area contributed by atoms with E-state index in [-0.39, 0.29) is 16.8 Å². The summed E-state index contributed by atoms with van der Waals surface area (Å²) >= 11 is 7.66. The summed E-state index contributed by atoms with van der Waals surface area (Å²) in [6.07, 6.45) is 6.94. The number of benzene rings is 2. The van der Waals surface area contributed by atoms with E-state index in [2.05, 4.69) is 4.98 Å². The van der Waals surface area contributed by atoms with Crippen molar-refractivity contribution < 1.29 is 13.2 Å². The van der Waals surface area contributed by atoms with Crippen molar-refractivity contribution in [2.75, 3.05) is 11.4 Å². The Bertz CT molecular complexity index is 1560. The van der Waals surface area contributed by atoms with Crippen LogP contribution >= 0.6 is 22.9 Å². The van der Waals surface area contributed by atoms with Gasteiger partial charge in [-0.05, 0) is 85.8 Å². The topological polar surface area (TPSA) is 83.5 Å². The number of sulfonamides is 1. The van der Waals surface area contributed by atoms with Crippen molar-refractivity contribution >= 4 is 54.2 Å². The number of aromatic nitrogens is 2. The van der Waals surface area contributed by atoms with Gasteiger partial charge in [-0.3, -0.25) is 14.7 Å². The molecule has 4 aromatic rings. The number of thiazole rings is 1. The Morgan fingerprint density at radius 1 is 1.13 bits per heavy atom. The number of carbonyl (C=O) groups is 1. The Labute approximate surface area is 232 Å². The van der Waals surface area contributed by atoms with E-state index in [0.29, 0.717) is 28.8 Å². The summed E-state index contributed by atoms with van der Waals surface area (Å²) in [6.45, 7) is 4.79. The van der Waals surface area contributed by atoms with E-state index in [1.54, 1.807) is 33.7 Å². The van der Waals surface area contributed by atoms with Gasteiger partial charge in [0.2, 0.25) is 10.0 Å². The van der Waals surface area contributed by atoms with Crippen LogP contribution in [0, 0.1) is 6.92 Å². The molecule has 1 amide bonds. The first kappa shape index (κ1) is 26.7. The molecule has 1 atom stereocenters. The molecule has 198 valence electrons. The third-order valence-corrected chi connectivity index (χ3v) is 10.2. The number of pyridine rings is 1. The lowest BCUT2D eigenvalue weighted by Gasteiger charge is -2.34. The number of halogens is 1. The molecule has 1 saturated heterocycles. The second-order valence-electron chi connectivity index (χ2n) is 9.51. The molecule has 3 heterocycles. The van der Waals surface area contributed by atoms with Gasteiger partial charge in [0.05, 0.1) is 21.7 Å². The smallest absolute Gasteiger partial charge is 0.260 e. The average molecular weight is 569 g/mol. The second kappa shape index (κ2) is 11.1. The minimum Gasteiger partial charge on any atom is -0.279 e. The van der Waals surface area contributed by atoms with Gasteiger partial charge in [-0.1, -0.05) is 36.3 Å². The van der Waals surface area contributed by atoms with Gasteiger partial charge in [-0.15, -0.1) is 0 Å². The molecule has 1 unspecified atom stereocenters. The highest BCUT2D eigenvalue weighted by Crippen LogP contribution is 2.34. The highest BCUT2D eigenvalue weighted by atomic mass is 35.5. The molecule has 0 aliphatic carbocycles. The van der Waals surface area contributed by atoms with Gasteiger partial charge in [0.15, 0.2) is 5.13 Å². The SMILES string of the molecule is CCC1CCCCN1S(=O)(=O)c1ccc(C(=O)N(Cc2ccncc2)c2nc3c(C)cc(Cl)cc3s2)cc1. The minimum absolute atomic E-state index is 0.0157. The second-order valence-corrected chi connectivity index (χ2v) is 12.8. The Morgan fingerprint density at radius 2 is 1.87 bits per heavy atom. The van der Waals surface area contributed by atoms with Crippen LogP contribution in [0.4, 0.5) is 5.13 Å². The number of piperidine rings is 1. The van der Waals surface area contributed by atoms with E-state index in [9.17, 15) is 13.2 Å². The lowest BCUT2D eigenvalue weighted by molar-refractivity contribution is 0.0985. The molecule has 0 saturated carbocycles. The van der Waals surface area contributed by atoms with Crippen LogP contribution in [0.5, 0.6) is 0 Å². The molecule has 2 aromatic carbocycles. The first-order chi connectivity index (χ1) is 18.3. The van der Waals surface area contributed by atoms with Gasteiger partial charge in [0, 0.05) is 35.6 Å². The number of amides is 1. The largest absolute Gasteiger partial charge is 0.279 e. The summed E-state index contributed by atoms with van der Waals surface area (Å²) in [6, 6.07) is 13.7. The highest BCUT2D eigenvalue weighted by molar-refractivity contribution is 7.89. The van der Waals surface area contributed by atoms with Crippen LogP contribution in [0.1, 0.15) is 54.1 Å².